The standard InChI is InChI=1S/C24H24N2O3/c1-18(20-8-4-3-5-9-20)26-24(27)17-29-21-14-12-19(13-15-21)16-25-22-10-6-7-11-23(22)28-2/h3-16,18H,17H2,1-2H3,(H,26,27)/t18-/m0/s1. The smallest absolute Gasteiger partial charge is 0.258 e. The van der Waals surface area contributed by atoms with Crippen molar-refractivity contribution in [3.63, 3.8) is 0 Å². The highest BCUT2D eigenvalue weighted by Gasteiger charge is 2.09. The van der Waals surface area contributed by atoms with E-state index in [-0.39, 0.29) is 18.6 Å². The molecule has 0 saturated heterocycles. The zero-order valence-electron chi connectivity index (χ0n) is 16.5. The fourth-order valence-corrected chi connectivity index (χ4v) is 2.79. The zero-order valence-corrected chi connectivity index (χ0v) is 16.5. The van der Waals surface area contributed by atoms with Crippen molar-refractivity contribution < 1.29 is 14.3 Å². The van der Waals surface area contributed by atoms with Gasteiger partial charge < -0.3 is 14.8 Å². The molecule has 1 atom stereocenters. The lowest BCUT2D eigenvalue weighted by molar-refractivity contribution is -0.123. The highest BCUT2D eigenvalue weighted by molar-refractivity contribution is 5.83. The minimum absolute atomic E-state index is 0.0359. The van der Waals surface area contributed by atoms with E-state index in [2.05, 4.69) is 10.3 Å². The summed E-state index contributed by atoms with van der Waals surface area (Å²) in [5.74, 6) is 1.18. The highest BCUT2D eigenvalue weighted by atomic mass is 16.5. The Morgan fingerprint density at radius 3 is 2.41 bits per heavy atom. The van der Waals surface area contributed by atoms with Gasteiger partial charge in [0.05, 0.1) is 13.2 Å². The van der Waals surface area contributed by atoms with Gasteiger partial charge in [0, 0.05) is 6.21 Å². The van der Waals surface area contributed by atoms with Gasteiger partial charge in [-0.05, 0) is 54.4 Å². The van der Waals surface area contributed by atoms with Gasteiger partial charge in [-0.15, -0.1) is 0 Å². The Bertz CT molecular complexity index is 953. The molecule has 0 aliphatic rings. The molecule has 0 spiro atoms. The molecule has 0 fully saturated rings. The van der Waals surface area contributed by atoms with E-state index in [9.17, 15) is 4.79 Å². The lowest BCUT2D eigenvalue weighted by atomic mass is 10.1. The number of nitrogens with one attached hydrogen (secondary N) is 1. The number of rotatable bonds is 8. The van der Waals surface area contributed by atoms with Crippen LogP contribution in [0.25, 0.3) is 0 Å². The second-order valence-corrected chi connectivity index (χ2v) is 6.49. The van der Waals surface area contributed by atoms with Crippen molar-refractivity contribution in [2.45, 2.75) is 13.0 Å². The number of nitrogens with zero attached hydrogens (tertiary/aromatic N) is 1. The number of amides is 1. The van der Waals surface area contributed by atoms with E-state index in [1.165, 1.54) is 0 Å². The van der Waals surface area contributed by atoms with Crippen LogP contribution in [-0.4, -0.2) is 25.8 Å². The van der Waals surface area contributed by atoms with Crippen LogP contribution in [0.2, 0.25) is 0 Å². The van der Waals surface area contributed by atoms with Crippen molar-refractivity contribution in [2.24, 2.45) is 4.99 Å². The Hall–Kier alpha value is -3.60. The summed E-state index contributed by atoms with van der Waals surface area (Å²) in [6, 6.07) is 24.7. The number of carbonyl (C=O) groups is 1. The Morgan fingerprint density at radius 1 is 1.00 bits per heavy atom. The molecule has 0 aromatic heterocycles. The Labute approximate surface area is 171 Å². The fraction of sp³-hybridized carbons (Fsp3) is 0.167. The van der Waals surface area contributed by atoms with Gasteiger partial charge in [-0.3, -0.25) is 9.79 Å². The number of aliphatic imine (C=N–C) groups is 1. The van der Waals surface area contributed by atoms with Gasteiger partial charge in [0.25, 0.3) is 5.91 Å². The van der Waals surface area contributed by atoms with Gasteiger partial charge in [-0.25, -0.2) is 0 Å². The molecule has 0 aliphatic carbocycles. The summed E-state index contributed by atoms with van der Waals surface area (Å²) in [5.41, 5.74) is 2.74. The average Bonchev–Trinajstić information content (AvgIpc) is 2.77. The molecular weight excluding hydrogens is 364 g/mol. The first-order valence-corrected chi connectivity index (χ1v) is 9.40. The molecule has 3 aromatic rings. The van der Waals surface area contributed by atoms with Crippen LogP contribution in [0.15, 0.2) is 83.9 Å². The third kappa shape index (κ3) is 5.94. The molecule has 0 saturated carbocycles. The molecule has 29 heavy (non-hydrogen) atoms. The van der Waals surface area contributed by atoms with Crippen LogP contribution in [-0.2, 0) is 4.79 Å². The van der Waals surface area contributed by atoms with Crippen LogP contribution in [0.4, 0.5) is 5.69 Å². The predicted molar refractivity (Wildman–Crippen MR) is 115 cm³/mol. The SMILES string of the molecule is COc1ccccc1N=Cc1ccc(OCC(=O)N[C@@H](C)c2ccccc2)cc1. The van der Waals surface area contributed by atoms with Gasteiger partial charge in [0.2, 0.25) is 0 Å². The fourth-order valence-electron chi connectivity index (χ4n) is 2.79. The largest absolute Gasteiger partial charge is 0.494 e. The van der Waals surface area contributed by atoms with E-state index in [0.29, 0.717) is 5.75 Å². The molecular formula is C24H24N2O3. The lowest BCUT2D eigenvalue weighted by Crippen LogP contribution is -2.31. The Kier molecular flexibility index (Phi) is 7.00. The zero-order chi connectivity index (χ0) is 20.5. The summed E-state index contributed by atoms with van der Waals surface area (Å²) < 4.78 is 10.9. The number of benzene rings is 3. The van der Waals surface area contributed by atoms with Crippen molar-refractivity contribution in [3.05, 3.63) is 90.0 Å². The minimum atomic E-state index is -0.164. The Balaban J connectivity index is 1.51. The first-order valence-electron chi connectivity index (χ1n) is 9.40. The molecule has 5 nitrogen and oxygen atoms in total. The van der Waals surface area contributed by atoms with E-state index >= 15 is 0 Å². The summed E-state index contributed by atoms with van der Waals surface area (Å²) in [5, 5.41) is 2.93. The summed E-state index contributed by atoms with van der Waals surface area (Å²) >= 11 is 0. The summed E-state index contributed by atoms with van der Waals surface area (Å²) in [6.45, 7) is 1.91. The van der Waals surface area contributed by atoms with Gasteiger partial charge in [-0.2, -0.15) is 0 Å². The average molecular weight is 388 g/mol. The first-order chi connectivity index (χ1) is 14.2. The normalized spacial score (nSPS) is 11.8. The van der Waals surface area contributed by atoms with Crippen molar-refractivity contribution in [2.75, 3.05) is 13.7 Å². The van der Waals surface area contributed by atoms with E-state index in [4.69, 9.17) is 9.47 Å². The maximum atomic E-state index is 12.1. The number of carbonyl (C=O) groups excluding carboxylic acids is 1. The first kappa shape index (κ1) is 20.1. The van der Waals surface area contributed by atoms with Crippen LogP contribution in [0.5, 0.6) is 11.5 Å². The van der Waals surface area contributed by atoms with Crippen LogP contribution in [0.3, 0.4) is 0 Å². The molecule has 1 N–H and O–H groups in total. The molecule has 1 amide bonds. The van der Waals surface area contributed by atoms with Crippen molar-refractivity contribution in [3.8, 4) is 11.5 Å². The quantitative estimate of drug-likeness (QED) is 0.569. The highest BCUT2D eigenvalue weighted by Crippen LogP contribution is 2.26. The minimum Gasteiger partial charge on any atom is -0.494 e. The molecule has 5 heteroatoms. The Morgan fingerprint density at radius 2 is 1.69 bits per heavy atom. The molecule has 148 valence electrons. The van der Waals surface area contributed by atoms with Crippen molar-refractivity contribution in [1.82, 2.24) is 5.32 Å². The predicted octanol–water partition coefficient (Wildman–Crippen LogP) is 4.70. The van der Waals surface area contributed by atoms with E-state index in [1.54, 1.807) is 13.3 Å². The van der Waals surface area contributed by atoms with E-state index in [1.807, 2.05) is 85.8 Å². The topological polar surface area (TPSA) is 59.9 Å². The number of para-hydroxylation sites is 2. The summed E-state index contributed by atoms with van der Waals surface area (Å²) in [6.07, 6.45) is 1.76. The lowest BCUT2D eigenvalue weighted by Gasteiger charge is -2.14. The van der Waals surface area contributed by atoms with Gasteiger partial charge >= 0.3 is 0 Å². The maximum Gasteiger partial charge on any atom is 0.258 e. The van der Waals surface area contributed by atoms with Crippen LogP contribution < -0.4 is 14.8 Å². The number of hydrogen-bond acceptors (Lipinski definition) is 4. The molecule has 0 heterocycles. The number of methoxy groups -OCH3 is 1. The second-order valence-electron chi connectivity index (χ2n) is 6.49. The van der Waals surface area contributed by atoms with Crippen LogP contribution >= 0.6 is 0 Å². The maximum absolute atomic E-state index is 12.1. The third-order valence-electron chi connectivity index (χ3n) is 4.36. The van der Waals surface area contributed by atoms with Gasteiger partial charge in [-0.1, -0.05) is 42.5 Å². The molecule has 3 aromatic carbocycles. The van der Waals surface area contributed by atoms with E-state index in [0.717, 1.165) is 22.6 Å². The summed E-state index contributed by atoms with van der Waals surface area (Å²) in [7, 11) is 1.62. The van der Waals surface area contributed by atoms with Gasteiger partial charge in [0.15, 0.2) is 6.61 Å². The second kappa shape index (κ2) is 10.1. The van der Waals surface area contributed by atoms with Crippen LogP contribution in [0, 0.1) is 0 Å². The monoisotopic (exact) mass is 388 g/mol. The summed E-state index contributed by atoms with van der Waals surface area (Å²) in [4.78, 5) is 16.6. The van der Waals surface area contributed by atoms with Crippen molar-refractivity contribution >= 4 is 17.8 Å². The van der Waals surface area contributed by atoms with Gasteiger partial charge in [0.1, 0.15) is 17.2 Å². The third-order valence-corrected chi connectivity index (χ3v) is 4.36. The molecule has 0 bridgehead atoms. The molecule has 0 aliphatic heterocycles. The van der Waals surface area contributed by atoms with Crippen LogP contribution in [0.1, 0.15) is 24.1 Å². The van der Waals surface area contributed by atoms with E-state index < -0.39 is 0 Å². The number of ether oxygens (including phenoxy) is 2. The van der Waals surface area contributed by atoms with Crippen molar-refractivity contribution in [1.29, 1.82) is 0 Å². The number of hydrogen-bond donors (Lipinski definition) is 1. The molecule has 0 radical (unpaired) electrons. The molecule has 3 rings (SSSR count). The molecule has 0 unspecified atom stereocenters.